The molecule has 11 heteroatoms. The maximum absolute atomic E-state index is 13.3. The third kappa shape index (κ3) is 13.6. The Morgan fingerprint density at radius 1 is 0.795 bits per heavy atom. The summed E-state index contributed by atoms with van der Waals surface area (Å²) in [5, 5.41) is 4.93. The fraction of sp³-hybridized carbons (Fsp3) is 0.607. The molecule has 0 fully saturated rings. The van der Waals surface area contributed by atoms with Crippen LogP contribution in [0, 0.1) is 11.8 Å². The highest BCUT2D eigenvalue weighted by Gasteiger charge is 2.39. The molecule has 1 rings (SSSR count). The summed E-state index contributed by atoms with van der Waals surface area (Å²) in [4.78, 5) is 64.0. The predicted octanol–water partition coefficient (Wildman–Crippen LogP) is 2.99. The van der Waals surface area contributed by atoms with Crippen LogP contribution in [-0.4, -0.2) is 53.1 Å². The number of rotatable bonds is 12. The molecular formula is C28H43N3O8. The average Bonchev–Trinajstić information content (AvgIpc) is 2.77. The van der Waals surface area contributed by atoms with Gasteiger partial charge in [-0.1, -0.05) is 44.2 Å². The van der Waals surface area contributed by atoms with E-state index in [-0.39, 0.29) is 18.9 Å². The second-order valence-electron chi connectivity index (χ2n) is 11.7. The largest absolute Gasteiger partial charge is 0.459 e. The van der Waals surface area contributed by atoms with Crippen LogP contribution in [0.4, 0.5) is 4.79 Å². The van der Waals surface area contributed by atoms with Crippen LogP contribution in [0.3, 0.4) is 0 Å². The van der Waals surface area contributed by atoms with Gasteiger partial charge in [-0.15, -0.1) is 0 Å². The van der Waals surface area contributed by atoms with E-state index < -0.39 is 65.5 Å². The molecule has 1 aromatic rings. The van der Waals surface area contributed by atoms with Crippen molar-refractivity contribution in [1.29, 1.82) is 0 Å². The second kappa shape index (κ2) is 14.5. The first-order valence-electron chi connectivity index (χ1n) is 12.9. The van der Waals surface area contributed by atoms with Gasteiger partial charge in [-0.3, -0.25) is 19.2 Å². The van der Waals surface area contributed by atoms with Gasteiger partial charge in [0.25, 0.3) is 0 Å². The Labute approximate surface area is 230 Å². The Bertz CT molecular complexity index is 968. The normalized spacial score (nSPS) is 13.3. The molecule has 0 unspecified atom stereocenters. The summed E-state index contributed by atoms with van der Waals surface area (Å²) in [5.74, 6) is -5.00. The van der Waals surface area contributed by atoms with Gasteiger partial charge < -0.3 is 30.6 Å². The molecule has 218 valence electrons. The SMILES string of the molecule is CC(C)C[C@H](NC(=O)[C@H](CC(C(=O)OC(C)(C)C)C(=O)OC(C)(C)C)NC(=O)OCc1ccccc1)C(N)=O. The van der Waals surface area contributed by atoms with Crippen LogP contribution in [0.5, 0.6) is 0 Å². The second-order valence-corrected chi connectivity index (χ2v) is 11.7. The van der Waals surface area contributed by atoms with Crippen LogP contribution in [0.1, 0.15) is 73.8 Å². The minimum atomic E-state index is -1.56. The third-order valence-electron chi connectivity index (χ3n) is 5.04. The Morgan fingerprint density at radius 3 is 1.74 bits per heavy atom. The van der Waals surface area contributed by atoms with Crippen molar-refractivity contribution in [3.05, 3.63) is 35.9 Å². The van der Waals surface area contributed by atoms with Crippen molar-refractivity contribution in [2.45, 2.75) is 98.1 Å². The van der Waals surface area contributed by atoms with E-state index in [0.717, 1.165) is 0 Å². The summed E-state index contributed by atoms with van der Waals surface area (Å²) in [6, 6.07) is 6.36. The summed E-state index contributed by atoms with van der Waals surface area (Å²) in [7, 11) is 0. The number of nitrogens with one attached hydrogen (secondary N) is 2. The number of ether oxygens (including phenoxy) is 3. The Balaban J connectivity index is 3.27. The number of hydrogen-bond donors (Lipinski definition) is 3. The van der Waals surface area contributed by atoms with E-state index in [1.807, 2.05) is 19.9 Å². The van der Waals surface area contributed by atoms with Crippen LogP contribution in [-0.2, 0) is 40.0 Å². The van der Waals surface area contributed by atoms with Gasteiger partial charge in [-0.05, 0) is 59.4 Å². The van der Waals surface area contributed by atoms with Crippen LogP contribution in [0.15, 0.2) is 30.3 Å². The molecular weight excluding hydrogens is 506 g/mol. The topological polar surface area (TPSA) is 163 Å². The Hall–Kier alpha value is -3.63. The lowest BCUT2D eigenvalue weighted by atomic mass is 9.97. The molecule has 0 saturated carbocycles. The molecule has 1 aromatic carbocycles. The van der Waals surface area contributed by atoms with Gasteiger partial charge >= 0.3 is 18.0 Å². The smallest absolute Gasteiger partial charge is 0.408 e. The number of benzene rings is 1. The van der Waals surface area contributed by atoms with Gasteiger partial charge in [0.2, 0.25) is 11.8 Å². The molecule has 0 radical (unpaired) electrons. The van der Waals surface area contributed by atoms with Crippen molar-refractivity contribution in [1.82, 2.24) is 10.6 Å². The molecule has 0 bridgehead atoms. The number of amides is 3. The number of carbonyl (C=O) groups is 5. The maximum Gasteiger partial charge on any atom is 0.408 e. The van der Waals surface area contributed by atoms with Gasteiger partial charge in [-0.2, -0.15) is 0 Å². The van der Waals surface area contributed by atoms with E-state index in [0.29, 0.717) is 5.56 Å². The first-order chi connectivity index (χ1) is 17.9. The molecule has 0 spiro atoms. The number of carbonyl (C=O) groups excluding carboxylic acids is 5. The predicted molar refractivity (Wildman–Crippen MR) is 144 cm³/mol. The molecule has 39 heavy (non-hydrogen) atoms. The lowest BCUT2D eigenvalue weighted by molar-refractivity contribution is -0.175. The van der Waals surface area contributed by atoms with Crippen LogP contribution in [0.25, 0.3) is 0 Å². The van der Waals surface area contributed by atoms with Crippen molar-refractivity contribution in [3.8, 4) is 0 Å². The molecule has 0 heterocycles. The highest BCUT2D eigenvalue weighted by molar-refractivity contribution is 5.97. The molecule has 2 atom stereocenters. The fourth-order valence-corrected chi connectivity index (χ4v) is 3.40. The lowest BCUT2D eigenvalue weighted by Gasteiger charge is -2.28. The highest BCUT2D eigenvalue weighted by atomic mass is 16.6. The van der Waals surface area contributed by atoms with Crippen LogP contribution < -0.4 is 16.4 Å². The molecule has 11 nitrogen and oxygen atoms in total. The minimum absolute atomic E-state index is 0.0151. The zero-order chi connectivity index (χ0) is 30.0. The van der Waals surface area contributed by atoms with Gasteiger partial charge in [-0.25, -0.2) is 4.79 Å². The molecule has 0 aromatic heterocycles. The maximum atomic E-state index is 13.3. The van der Waals surface area contributed by atoms with E-state index in [9.17, 15) is 24.0 Å². The van der Waals surface area contributed by atoms with Crippen molar-refractivity contribution < 1.29 is 38.2 Å². The van der Waals surface area contributed by atoms with Gasteiger partial charge in [0.1, 0.15) is 29.9 Å². The minimum Gasteiger partial charge on any atom is -0.459 e. The average molecular weight is 550 g/mol. The third-order valence-corrected chi connectivity index (χ3v) is 5.04. The van der Waals surface area contributed by atoms with Gasteiger partial charge in [0.15, 0.2) is 5.92 Å². The monoisotopic (exact) mass is 549 g/mol. The molecule has 0 saturated heterocycles. The quantitative estimate of drug-likeness (QED) is 0.203. The summed E-state index contributed by atoms with van der Waals surface area (Å²) in [6.45, 7) is 13.4. The van der Waals surface area contributed by atoms with E-state index >= 15 is 0 Å². The van der Waals surface area contributed by atoms with Crippen molar-refractivity contribution in [2.75, 3.05) is 0 Å². The van der Waals surface area contributed by atoms with E-state index in [4.69, 9.17) is 19.9 Å². The summed E-state index contributed by atoms with van der Waals surface area (Å²) >= 11 is 0. The Kier molecular flexibility index (Phi) is 12.4. The highest BCUT2D eigenvalue weighted by Crippen LogP contribution is 2.21. The molecule has 0 aliphatic rings. The number of nitrogens with two attached hydrogens (primary N) is 1. The number of primary amides is 1. The summed E-state index contributed by atoms with van der Waals surface area (Å²) in [6.07, 6.45) is -1.23. The summed E-state index contributed by atoms with van der Waals surface area (Å²) < 4.78 is 16.1. The molecule has 3 amide bonds. The molecule has 0 aliphatic heterocycles. The van der Waals surface area contributed by atoms with Gasteiger partial charge in [0.05, 0.1) is 0 Å². The van der Waals surface area contributed by atoms with E-state index in [2.05, 4.69) is 10.6 Å². The van der Waals surface area contributed by atoms with E-state index in [1.54, 1.807) is 65.8 Å². The number of hydrogen-bond acceptors (Lipinski definition) is 8. The molecule has 0 aliphatic carbocycles. The first-order valence-corrected chi connectivity index (χ1v) is 12.9. The fourth-order valence-electron chi connectivity index (χ4n) is 3.40. The number of esters is 2. The first kappa shape index (κ1) is 33.4. The zero-order valence-corrected chi connectivity index (χ0v) is 24.2. The number of alkyl carbamates (subject to hydrolysis) is 1. The van der Waals surface area contributed by atoms with Crippen molar-refractivity contribution >= 4 is 29.8 Å². The van der Waals surface area contributed by atoms with Crippen molar-refractivity contribution in [2.24, 2.45) is 17.6 Å². The van der Waals surface area contributed by atoms with E-state index in [1.165, 1.54) is 0 Å². The summed E-state index contributed by atoms with van der Waals surface area (Å²) in [5.41, 5.74) is 4.30. The van der Waals surface area contributed by atoms with Crippen LogP contribution in [0.2, 0.25) is 0 Å². The zero-order valence-electron chi connectivity index (χ0n) is 24.2. The molecule has 4 N–H and O–H groups in total. The van der Waals surface area contributed by atoms with Crippen molar-refractivity contribution in [3.63, 3.8) is 0 Å². The lowest BCUT2D eigenvalue weighted by Crippen LogP contribution is -2.54. The standard InChI is InChI=1S/C28H43N3O8/c1-17(2)14-20(22(29)32)30-23(33)21(31-26(36)37-16-18-12-10-9-11-13-18)15-19(24(34)38-27(3,4)5)25(35)39-28(6,7)8/h9-13,17,19-21H,14-16H2,1-8H3,(H2,29,32)(H,30,33)(H,31,36)/t20-,21-/m0/s1. The van der Waals surface area contributed by atoms with Crippen LogP contribution >= 0.6 is 0 Å². The Morgan fingerprint density at radius 2 is 1.31 bits per heavy atom. The van der Waals surface area contributed by atoms with Gasteiger partial charge in [0, 0.05) is 6.42 Å².